The minimum Gasteiger partial charge on any atom is -0.390 e. The zero-order valence-corrected chi connectivity index (χ0v) is 14.5. The van der Waals surface area contributed by atoms with Gasteiger partial charge in [0.15, 0.2) is 0 Å². The van der Waals surface area contributed by atoms with Crippen LogP contribution in [-0.2, 0) is 19.6 Å². The molecule has 0 aromatic carbocycles. The summed E-state index contributed by atoms with van der Waals surface area (Å²) < 4.78 is 24.7. The zero-order chi connectivity index (χ0) is 17.8. The van der Waals surface area contributed by atoms with E-state index in [0.717, 1.165) is 6.26 Å². The van der Waals surface area contributed by atoms with Crippen molar-refractivity contribution >= 4 is 21.8 Å². The fourth-order valence-corrected chi connectivity index (χ4v) is 3.70. The molecule has 1 rings (SSSR count). The van der Waals surface area contributed by atoms with E-state index in [1.807, 2.05) is 0 Å². The van der Waals surface area contributed by atoms with Crippen LogP contribution in [0, 0.1) is 12.3 Å². The number of nitrogens with zero attached hydrogens (tertiary/aromatic N) is 1. The van der Waals surface area contributed by atoms with Crippen LogP contribution in [-0.4, -0.2) is 60.6 Å². The number of hydrogen-bond donors (Lipinski definition) is 3. The highest BCUT2D eigenvalue weighted by Crippen LogP contribution is 2.20. The third kappa shape index (κ3) is 6.08. The minimum absolute atomic E-state index is 0.0529. The molecule has 1 fully saturated rings. The van der Waals surface area contributed by atoms with Gasteiger partial charge in [-0.2, -0.15) is 4.31 Å². The van der Waals surface area contributed by atoms with Gasteiger partial charge in [0.2, 0.25) is 21.8 Å². The second kappa shape index (κ2) is 8.07. The van der Waals surface area contributed by atoms with Crippen molar-refractivity contribution < 1.29 is 23.1 Å². The maximum atomic E-state index is 11.9. The van der Waals surface area contributed by atoms with E-state index in [1.54, 1.807) is 13.8 Å². The number of primary amides is 1. The van der Waals surface area contributed by atoms with Gasteiger partial charge < -0.3 is 16.2 Å². The van der Waals surface area contributed by atoms with Crippen molar-refractivity contribution in [2.24, 2.45) is 11.7 Å². The number of amides is 2. The summed E-state index contributed by atoms with van der Waals surface area (Å²) in [5, 5.41) is 12.9. The third-order valence-corrected chi connectivity index (χ3v) is 5.48. The van der Waals surface area contributed by atoms with Crippen molar-refractivity contribution in [3.63, 3.8) is 0 Å². The number of nitrogens with one attached hydrogen (secondary N) is 1. The second-order valence-electron chi connectivity index (χ2n) is 6.18. The van der Waals surface area contributed by atoms with Crippen molar-refractivity contribution in [2.75, 3.05) is 12.8 Å². The molecule has 4 atom stereocenters. The van der Waals surface area contributed by atoms with E-state index in [9.17, 15) is 23.1 Å². The van der Waals surface area contributed by atoms with Crippen LogP contribution in [0.4, 0.5) is 0 Å². The monoisotopic (exact) mass is 348 g/mol. The Hall–Kier alpha value is -1.19. The number of β-amino-alcohol motifs (C(OH)–C–C–N with tert-alkyl or cyclic N) is 1. The van der Waals surface area contributed by atoms with Gasteiger partial charge in [-0.1, -0.05) is 6.92 Å². The van der Waals surface area contributed by atoms with Gasteiger partial charge in [-0.3, -0.25) is 9.59 Å². The normalized spacial score (nSPS) is 27.9. The van der Waals surface area contributed by atoms with Crippen LogP contribution in [0.5, 0.6) is 0 Å². The number of carbonyl (C=O) groups excluding carboxylic acids is 2. The predicted molar refractivity (Wildman–Crippen MR) is 85.5 cm³/mol. The first-order valence-electron chi connectivity index (χ1n) is 7.60. The lowest BCUT2D eigenvalue weighted by Crippen LogP contribution is -2.48. The van der Waals surface area contributed by atoms with Gasteiger partial charge in [-0.25, -0.2) is 8.42 Å². The highest BCUT2D eigenvalue weighted by Gasteiger charge is 2.34. The van der Waals surface area contributed by atoms with Gasteiger partial charge in [0.05, 0.1) is 24.8 Å². The molecular formula is C14H26N3O5S. The standard InChI is InChI=1S/C14H26N3O5S/c1-9(14(15)20)4-7-13(19)16-11-6-5-10(2)17(8-12(11)18)23(3,21)22/h7,9-12,18H,4-6,8H2,1-3H3,(H2,15,20)(H,16,19)/t9-,10+,11-,12-/m0/s1. The van der Waals surface area contributed by atoms with Gasteiger partial charge in [-0.05, 0) is 26.2 Å². The number of hydrogen-bond acceptors (Lipinski definition) is 5. The molecule has 0 unspecified atom stereocenters. The molecule has 0 bridgehead atoms. The quantitative estimate of drug-likeness (QED) is 0.566. The Morgan fingerprint density at radius 3 is 2.57 bits per heavy atom. The molecule has 1 radical (unpaired) electrons. The predicted octanol–water partition coefficient (Wildman–Crippen LogP) is -1.01. The maximum absolute atomic E-state index is 11.9. The molecule has 0 aromatic rings. The smallest absolute Gasteiger partial charge is 0.224 e. The van der Waals surface area contributed by atoms with Crippen LogP contribution in [0.3, 0.4) is 0 Å². The lowest BCUT2D eigenvalue weighted by atomic mass is 10.0. The summed E-state index contributed by atoms with van der Waals surface area (Å²) in [4.78, 5) is 22.8. The van der Waals surface area contributed by atoms with Crippen molar-refractivity contribution in [1.82, 2.24) is 9.62 Å². The summed E-state index contributed by atoms with van der Waals surface area (Å²) in [5.41, 5.74) is 5.13. The number of nitrogens with two attached hydrogens (primary N) is 1. The Balaban J connectivity index is 2.61. The van der Waals surface area contributed by atoms with E-state index in [2.05, 4.69) is 5.32 Å². The van der Waals surface area contributed by atoms with Crippen molar-refractivity contribution in [3.8, 4) is 0 Å². The highest BCUT2D eigenvalue weighted by atomic mass is 32.2. The molecule has 4 N–H and O–H groups in total. The Morgan fingerprint density at radius 2 is 2.04 bits per heavy atom. The fourth-order valence-electron chi connectivity index (χ4n) is 2.52. The van der Waals surface area contributed by atoms with Crippen LogP contribution in [0.25, 0.3) is 0 Å². The average Bonchev–Trinajstić information content (AvgIpc) is 2.57. The van der Waals surface area contributed by atoms with Crippen molar-refractivity contribution in [1.29, 1.82) is 0 Å². The molecule has 133 valence electrons. The van der Waals surface area contributed by atoms with E-state index < -0.39 is 39.9 Å². The average molecular weight is 348 g/mol. The Morgan fingerprint density at radius 1 is 1.43 bits per heavy atom. The van der Waals surface area contributed by atoms with Gasteiger partial charge in [0.25, 0.3) is 0 Å². The summed E-state index contributed by atoms with van der Waals surface area (Å²) >= 11 is 0. The molecule has 1 aliphatic rings. The van der Waals surface area contributed by atoms with Gasteiger partial charge in [0.1, 0.15) is 0 Å². The Bertz CT molecular complexity index is 537. The number of aliphatic hydroxyl groups excluding tert-OH is 1. The molecule has 8 nitrogen and oxygen atoms in total. The lowest BCUT2D eigenvalue weighted by Gasteiger charge is -2.26. The number of aliphatic hydroxyl groups is 1. The lowest BCUT2D eigenvalue weighted by molar-refractivity contribution is -0.121. The molecule has 0 saturated carbocycles. The molecule has 0 spiro atoms. The molecule has 1 saturated heterocycles. The highest BCUT2D eigenvalue weighted by molar-refractivity contribution is 7.88. The van der Waals surface area contributed by atoms with Crippen LogP contribution in [0.1, 0.15) is 33.1 Å². The summed E-state index contributed by atoms with van der Waals surface area (Å²) in [6.07, 6.45) is 2.67. The van der Waals surface area contributed by atoms with Gasteiger partial charge in [0, 0.05) is 18.5 Å². The first-order chi connectivity index (χ1) is 10.5. The Labute approximate surface area is 137 Å². The molecule has 0 aromatic heterocycles. The first-order valence-corrected chi connectivity index (χ1v) is 9.45. The van der Waals surface area contributed by atoms with Crippen LogP contribution in [0.15, 0.2) is 0 Å². The molecule has 9 heteroatoms. The zero-order valence-electron chi connectivity index (χ0n) is 13.7. The van der Waals surface area contributed by atoms with E-state index in [-0.39, 0.29) is 19.0 Å². The van der Waals surface area contributed by atoms with E-state index in [4.69, 9.17) is 5.73 Å². The second-order valence-corrected chi connectivity index (χ2v) is 8.12. The molecule has 0 aliphatic carbocycles. The first kappa shape index (κ1) is 19.9. The third-order valence-electron chi connectivity index (χ3n) is 4.11. The molecule has 1 aliphatic heterocycles. The van der Waals surface area contributed by atoms with Gasteiger partial charge >= 0.3 is 0 Å². The number of rotatable bonds is 6. The van der Waals surface area contributed by atoms with E-state index in [1.165, 1.54) is 10.7 Å². The van der Waals surface area contributed by atoms with Crippen molar-refractivity contribution in [2.45, 2.75) is 51.3 Å². The van der Waals surface area contributed by atoms with Crippen molar-refractivity contribution in [3.05, 3.63) is 6.42 Å². The Kier molecular flexibility index (Phi) is 6.97. The molecule has 2 amide bonds. The SMILES string of the molecule is C[C@@H]1CC[C@H](NC(=O)[CH]C[C@H](C)C(N)=O)[C@@H](O)CN1S(C)(=O)=O. The molecular weight excluding hydrogens is 322 g/mol. The summed E-state index contributed by atoms with van der Waals surface area (Å²) in [7, 11) is -3.41. The molecule has 23 heavy (non-hydrogen) atoms. The van der Waals surface area contributed by atoms with Crippen LogP contribution >= 0.6 is 0 Å². The topological polar surface area (TPSA) is 130 Å². The van der Waals surface area contributed by atoms with Crippen LogP contribution < -0.4 is 11.1 Å². The minimum atomic E-state index is -3.41. The summed E-state index contributed by atoms with van der Waals surface area (Å²) in [6, 6.07) is -0.766. The number of sulfonamides is 1. The largest absolute Gasteiger partial charge is 0.390 e. The van der Waals surface area contributed by atoms with Gasteiger partial charge in [-0.15, -0.1) is 0 Å². The summed E-state index contributed by atoms with van der Waals surface area (Å²) in [6.45, 7) is 3.35. The van der Waals surface area contributed by atoms with E-state index >= 15 is 0 Å². The van der Waals surface area contributed by atoms with Crippen LogP contribution in [0.2, 0.25) is 0 Å². The molecule has 1 heterocycles. The number of carbonyl (C=O) groups is 2. The van der Waals surface area contributed by atoms with E-state index in [0.29, 0.717) is 12.8 Å². The summed E-state index contributed by atoms with van der Waals surface area (Å²) in [5.74, 6) is -1.33. The fraction of sp³-hybridized carbons (Fsp3) is 0.786. The maximum Gasteiger partial charge on any atom is 0.224 e.